The molecule has 2 aliphatic heterocycles. The summed E-state index contributed by atoms with van der Waals surface area (Å²) in [7, 11) is 0. The van der Waals surface area contributed by atoms with E-state index in [0.717, 1.165) is 43.2 Å². The van der Waals surface area contributed by atoms with Crippen LogP contribution >= 0.6 is 11.8 Å². The highest BCUT2D eigenvalue weighted by atomic mass is 32.2. The molecule has 0 aromatic heterocycles. The Labute approximate surface area is 165 Å². The summed E-state index contributed by atoms with van der Waals surface area (Å²) >= 11 is 1.45. The number of aliphatic hydroxyl groups is 1. The quantitative estimate of drug-likeness (QED) is 0.695. The van der Waals surface area contributed by atoms with E-state index >= 15 is 0 Å². The molecule has 3 rings (SSSR count). The van der Waals surface area contributed by atoms with E-state index in [1.807, 2.05) is 29.2 Å². The van der Waals surface area contributed by atoms with Gasteiger partial charge in [0.25, 0.3) is 0 Å². The number of carbonyl (C=O) groups excluding carboxylic acids is 2. The third-order valence-corrected chi connectivity index (χ3v) is 6.64. The lowest BCUT2D eigenvalue weighted by Crippen LogP contribution is -2.39. The molecule has 0 radical (unpaired) electrons. The Morgan fingerprint density at radius 3 is 2.74 bits per heavy atom. The standard InChI is InChI=1S/C20H29N3O3S/c1-3-8-22-9-16-10-23(13-20(16,12-22)14-24)19(26)11-27-18-7-5-4-6-17(18)21-15(2)25/h4-7,16,24H,3,8-14H2,1-2H3,(H,21,25). The molecule has 2 heterocycles. The van der Waals surface area contributed by atoms with Crippen molar-refractivity contribution >= 4 is 29.3 Å². The molecular formula is C20H29N3O3S. The summed E-state index contributed by atoms with van der Waals surface area (Å²) in [5.41, 5.74) is 0.576. The van der Waals surface area contributed by atoms with Crippen LogP contribution in [0.25, 0.3) is 0 Å². The van der Waals surface area contributed by atoms with Crippen LogP contribution in [0.1, 0.15) is 20.3 Å². The van der Waals surface area contributed by atoms with E-state index in [-0.39, 0.29) is 23.8 Å². The molecule has 6 nitrogen and oxygen atoms in total. The number of thioether (sulfide) groups is 1. The van der Waals surface area contributed by atoms with Crippen molar-refractivity contribution in [3.05, 3.63) is 24.3 Å². The van der Waals surface area contributed by atoms with Gasteiger partial charge in [-0.15, -0.1) is 11.8 Å². The minimum Gasteiger partial charge on any atom is -0.396 e. The fourth-order valence-corrected chi connectivity index (χ4v) is 5.22. The molecule has 2 N–H and O–H groups in total. The molecule has 1 aromatic carbocycles. The largest absolute Gasteiger partial charge is 0.396 e. The van der Waals surface area contributed by atoms with Crippen LogP contribution in [0.3, 0.4) is 0 Å². The lowest BCUT2D eigenvalue weighted by atomic mass is 9.82. The molecule has 0 saturated carbocycles. The van der Waals surface area contributed by atoms with Crippen molar-refractivity contribution in [2.24, 2.45) is 11.3 Å². The van der Waals surface area contributed by atoms with Gasteiger partial charge in [0.2, 0.25) is 11.8 Å². The highest BCUT2D eigenvalue weighted by molar-refractivity contribution is 8.00. The molecular weight excluding hydrogens is 362 g/mol. The minimum absolute atomic E-state index is 0.0990. The number of nitrogens with zero attached hydrogens (tertiary/aromatic N) is 2. The number of carbonyl (C=O) groups is 2. The number of nitrogens with one attached hydrogen (secondary N) is 1. The van der Waals surface area contributed by atoms with Crippen molar-refractivity contribution in [3.8, 4) is 0 Å². The fraction of sp³-hybridized carbons (Fsp3) is 0.600. The van der Waals surface area contributed by atoms with Crippen LogP contribution in [0.4, 0.5) is 5.69 Å². The number of rotatable bonds is 7. The topological polar surface area (TPSA) is 72.9 Å². The maximum atomic E-state index is 12.8. The predicted octanol–water partition coefficient (Wildman–Crippen LogP) is 1.90. The van der Waals surface area contributed by atoms with Crippen LogP contribution < -0.4 is 5.32 Å². The van der Waals surface area contributed by atoms with Gasteiger partial charge in [0.15, 0.2) is 0 Å². The van der Waals surface area contributed by atoms with Crippen LogP contribution in [0, 0.1) is 11.3 Å². The number of amides is 2. The molecule has 2 aliphatic rings. The van der Waals surface area contributed by atoms with Gasteiger partial charge >= 0.3 is 0 Å². The van der Waals surface area contributed by atoms with Crippen LogP contribution in [0.5, 0.6) is 0 Å². The number of aliphatic hydroxyl groups excluding tert-OH is 1. The summed E-state index contributed by atoms with van der Waals surface area (Å²) in [6, 6.07) is 7.53. The van der Waals surface area contributed by atoms with E-state index in [4.69, 9.17) is 0 Å². The van der Waals surface area contributed by atoms with Crippen molar-refractivity contribution in [2.45, 2.75) is 25.2 Å². The first-order chi connectivity index (χ1) is 13.0. The molecule has 2 amide bonds. The number of anilines is 1. The van der Waals surface area contributed by atoms with Crippen molar-refractivity contribution < 1.29 is 14.7 Å². The van der Waals surface area contributed by atoms with Crippen LogP contribution in [0.2, 0.25) is 0 Å². The van der Waals surface area contributed by atoms with E-state index in [1.54, 1.807) is 0 Å². The van der Waals surface area contributed by atoms with Crippen molar-refractivity contribution in [1.82, 2.24) is 9.80 Å². The van der Waals surface area contributed by atoms with Gasteiger partial charge in [-0.05, 0) is 31.0 Å². The number of hydrogen-bond acceptors (Lipinski definition) is 5. The summed E-state index contributed by atoms with van der Waals surface area (Å²) in [5, 5.41) is 12.8. The Bertz CT molecular complexity index is 699. The molecule has 2 atom stereocenters. The first-order valence-corrected chi connectivity index (χ1v) is 10.6. The van der Waals surface area contributed by atoms with Gasteiger partial charge in [-0.25, -0.2) is 0 Å². The monoisotopic (exact) mass is 391 g/mol. The Morgan fingerprint density at radius 1 is 1.30 bits per heavy atom. The van der Waals surface area contributed by atoms with Gasteiger partial charge in [-0.3, -0.25) is 9.59 Å². The summed E-state index contributed by atoms with van der Waals surface area (Å²) in [4.78, 5) is 29.3. The second-order valence-electron chi connectivity index (χ2n) is 7.69. The SMILES string of the molecule is CCCN1CC2CN(C(=O)CSc3ccccc3NC(C)=O)CC2(CO)C1. The van der Waals surface area contributed by atoms with Crippen molar-refractivity contribution in [3.63, 3.8) is 0 Å². The molecule has 0 aliphatic carbocycles. The van der Waals surface area contributed by atoms with Gasteiger partial charge in [-0.2, -0.15) is 0 Å². The van der Waals surface area contributed by atoms with Gasteiger partial charge < -0.3 is 20.2 Å². The van der Waals surface area contributed by atoms with Crippen molar-refractivity contribution in [2.75, 3.05) is 50.4 Å². The van der Waals surface area contributed by atoms with Gasteiger partial charge in [-0.1, -0.05) is 19.1 Å². The molecule has 0 spiro atoms. The third-order valence-electron chi connectivity index (χ3n) is 5.59. The maximum Gasteiger partial charge on any atom is 0.232 e. The Kier molecular flexibility index (Phi) is 6.44. The van der Waals surface area contributed by atoms with E-state index in [9.17, 15) is 14.7 Å². The first kappa shape index (κ1) is 20.2. The first-order valence-electron chi connectivity index (χ1n) is 9.58. The Hall–Kier alpha value is -1.57. The van der Waals surface area contributed by atoms with Crippen LogP contribution in [-0.4, -0.2) is 71.8 Å². The van der Waals surface area contributed by atoms with Crippen LogP contribution in [-0.2, 0) is 9.59 Å². The number of likely N-dealkylation sites (tertiary alicyclic amines) is 2. The van der Waals surface area contributed by atoms with Gasteiger partial charge in [0.1, 0.15) is 0 Å². The summed E-state index contributed by atoms with van der Waals surface area (Å²) < 4.78 is 0. The summed E-state index contributed by atoms with van der Waals surface area (Å²) in [5.74, 6) is 0.670. The molecule has 27 heavy (non-hydrogen) atoms. The zero-order chi connectivity index (χ0) is 19.4. The molecule has 2 unspecified atom stereocenters. The number of fused-ring (bicyclic) bond motifs is 1. The lowest BCUT2D eigenvalue weighted by molar-refractivity contribution is -0.128. The fourth-order valence-electron chi connectivity index (χ4n) is 4.31. The molecule has 7 heteroatoms. The van der Waals surface area contributed by atoms with Crippen molar-refractivity contribution in [1.29, 1.82) is 0 Å². The Morgan fingerprint density at radius 2 is 2.07 bits per heavy atom. The molecule has 2 fully saturated rings. The number of benzene rings is 1. The summed E-state index contributed by atoms with van der Waals surface area (Å²) in [6.45, 7) is 8.06. The highest BCUT2D eigenvalue weighted by Gasteiger charge is 2.52. The van der Waals surface area contributed by atoms with Gasteiger partial charge in [0.05, 0.1) is 18.0 Å². The Balaban J connectivity index is 1.59. The maximum absolute atomic E-state index is 12.8. The second kappa shape index (κ2) is 8.63. The summed E-state index contributed by atoms with van der Waals surface area (Å²) in [6.07, 6.45) is 1.11. The van der Waals surface area contributed by atoms with Gasteiger partial charge in [0, 0.05) is 43.4 Å². The zero-order valence-electron chi connectivity index (χ0n) is 16.1. The molecule has 148 valence electrons. The molecule has 2 saturated heterocycles. The average Bonchev–Trinajstić information content (AvgIpc) is 3.15. The normalized spacial score (nSPS) is 24.9. The predicted molar refractivity (Wildman–Crippen MR) is 108 cm³/mol. The zero-order valence-corrected chi connectivity index (χ0v) is 16.9. The average molecular weight is 392 g/mol. The van der Waals surface area contributed by atoms with E-state index in [2.05, 4.69) is 17.1 Å². The molecule has 0 bridgehead atoms. The van der Waals surface area contributed by atoms with E-state index < -0.39 is 0 Å². The second-order valence-corrected chi connectivity index (χ2v) is 8.71. The van der Waals surface area contributed by atoms with E-state index in [0.29, 0.717) is 18.2 Å². The minimum atomic E-state index is -0.163. The molecule has 1 aromatic rings. The lowest BCUT2D eigenvalue weighted by Gasteiger charge is -2.27. The highest BCUT2D eigenvalue weighted by Crippen LogP contribution is 2.42. The van der Waals surface area contributed by atoms with Crippen LogP contribution in [0.15, 0.2) is 29.2 Å². The third kappa shape index (κ3) is 4.47. The number of para-hydroxylation sites is 1. The smallest absolute Gasteiger partial charge is 0.232 e. The number of hydrogen-bond donors (Lipinski definition) is 2. The van der Waals surface area contributed by atoms with E-state index in [1.165, 1.54) is 18.7 Å².